The van der Waals surface area contributed by atoms with Crippen LogP contribution in [0.15, 0.2) is 36.5 Å². The van der Waals surface area contributed by atoms with Gasteiger partial charge in [0, 0.05) is 24.2 Å². The van der Waals surface area contributed by atoms with Crippen LogP contribution in [0.2, 0.25) is 0 Å². The van der Waals surface area contributed by atoms with Crippen molar-refractivity contribution in [2.24, 2.45) is 5.92 Å². The largest absolute Gasteiger partial charge is 0.310 e. The van der Waals surface area contributed by atoms with E-state index in [2.05, 4.69) is 55.3 Å². The molecule has 2 heteroatoms. The Kier molecular flexibility index (Phi) is 4.92. The van der Waals surface area contributed by atoms with Crippen molar-refractivity contribution in [3.05, 3.63) is 42.1 Å². The van der Waals surface area contributed by atoms with E-state index in [1.807, 2.05) is 12.3 Å². The summed E-state index contributed by atoms with van der Waals surface area (Å²) in [7, 11) is 0. The Balaban J connectivity index is 2.09. The van der Waals surface area contributed by atoms with Crippen molar-refractivity contribution in [2.75, 3.05) is 0 Å². The van der Waals surface area contributed by atoms with Crippen LogP contribution in [0.4, 0.5) is 0 Å². The molecule has 2 rings (SSSR count). The number of rotatable bonds is 6. The van der Waals surface area contributed by atoms with Crippen molar-refractivity contribution >= 4 is 10.9 Å². The van der Waals surface area contributed by atoms with Gasteiger partial charge >= 0.3 is 0 Å². The predicted octanol–water partition coefficient (Wildman–Crippen LogP) is 4.15. The minimum atomic E-state index is 0.557. The zero-order valence-corrected chi connectivity index (χ0v) is 12.2. The first kappa shape index (κ1) is 14.0. The molecule has 0 aliphatic rings. The van der Waals surface area contributed by atoms with Crippen molar-refractivity contribution in [1.29, 1.82) is 0 Å². The Labute approximate surface area is 116 Å². The first-order chi connectivity index (χ1) is 9.26. The lowest BCUT2D eigenvalue weighted by atomic mass is 9.95. The summed E-state index contributed by atoms with van der Waals surface area (Å²) in [6.07, 6.45) is 4.38. The van der Waals surface area contributed by atoms with Crippen LogP contribution < -0.4 is 5.32 Å². The van der Waals surface area contributed by atoms with Crippen molar-refractivity contribution in [3.8, 4) is 0 Å². The van der Waals surface area contributed by atoms with E-state index in [9.17, 15) is 0 Å². The molecule has 1 N–H and O–H groups in total. The van der Waals surface area contributed by atoms with Gasteiger partial charge in [-0.3, -0.25) is 4.98 Å². The predicted molar refractivity (Wildman–Crippen MR) is 82.1 cm³/mol. The molecule has 0 radical (unpaired) electrons. The maximum atomic E-state index is 4.41. The third-order valence-electron chi connectivity index (χ3n) is 4.11. The highest BCUT2D eigenvalue weighted by Crippen LogP contribution is 2.17. The summed E-state index contributed by atoms with van der Waals surface area (Å²) in [5, 5.41) is 4.92. The molecule has 1 atom stereocenters. The lowest BCUT2D eigenvalue weighted by Gasteiger charge is -2.22. The minimum absolute atomic E-state index is 0.557. The number of nitrogens with one attached hydrogen (secondary N) is 1. The summed E-state index contributed by atoms with van der Waals surface area (Å²) in [4.78, 5) is 4.41. The molecule has 1 unspecified atom stereocenters. The van der Waals surface area contributed by atoms with E-state index in [0.717, 1.165) is 18.0 Å². The maximum absolute atomic E-state index is 4.41. The number of hydrogen-bond donors (Lipinski definition) is 1. The molecule has 2 nitrogen and oxygen atoms in total. The van der Waals surface area contributed by atoms with Crippen LogP contribution in [0.3, 0.4) is 0 Å². The summed E-state index contributed by atoms with van der Waals surface area (Å²) in [6.45, 7) is 7.75. The van der Waals surface area contributed by atoms with Crippen molar-refractivity contribution in [3.63, 3.8) is 0 Å². The highest BCUT2D eigenvalue weighted by atomic mass is 14.9. The van der Waals surface area contributed by atoms with E-state index in [1.54, 1.807) is 0 Å². The summed E-state index contributed by atoms with van der Waals surface area (Å²) in [5.74, 6) is 0.758. The van der Waals surface area contributed by atoms with Crippen LogP contribution in [-0.2, 0) is 6.54 Å². The number of benzene rings is 1. The van der Waals surface area contributed by atoms with Crippen LogP contribution in [-0.4, -0.2) is 11.0 Å². The van der Waals surface area contributed by atoms with Gasteiger partial charge < -0.3 is 5.32 Å². The van der Waals surface area contributed by atoms with Crippen LogP contribution in [0.5, 0.6) is 0 Å². The Hall–Kier alpha value is -1.41. The molecule has 0 spiro atoms. The van der Waals surface area contributed by atoms with Gasteiger partial charge in [-0.1, -0.05) is 44.9 Å². The van der Waals surface area contributed by atoms with E-state index >= 15 is 0 Å². The monoisotopic (exact) mass is 256 g/mol. The van der Waals surface area contributed by atoms with E-state index in [-0.39, 0.29) is 0 Å². The van der Waals surface area contributed by atoms with Crippen molar-refractivity contribution in [2.45, 2.75) is 46.2 Å². The quantitative estimate of drug-likeness (QED) is 0.840. The number of nitrogens with zero attached hydrogens (tertiary/aromatic N) is 1. The van der Waals surface area contributed by atoms with E-state index in [1.165, 1.54) is 23.8 Å². The number of fused-ring (bicyclic) bond motifs is 1. The lowest BCUT2D eigenvalue weighted by Crippen LogP contribution is -2.32. The fourth-order valence-electron chi connectivity index (χ4n) is 2.74. The Bertz CT molecular complexity index is 512. The van der Waals surface area contributed by atoms with Gasteiger partial charge in [-0.2, -0.15) is 0 Å². The Morgan fingerprint density at radius 1 is 1.11 bits per heavy atom. The summed E-state index contributed by atoms with van der Waals surface area (Å²) < 4.78 is 0. The fraction of sp³-hybridized carbons (Fsp3) is 0.471. The average Bonchev–Trinajstić information content (AvgIpc) is 2.46. The molecular formula is C17H24N2. The van der Waals surface area contributed by atoms with Gasteiger partial charge in [0.15, 0.2) is 0 Å². The van der Waals surface area contributed by atoms with Gasteiger partial charge in [0.05, 0.1) is 5.52 Å². The minimum Gasteiger partial charge on any atom is -0.310 e. The van der Waals surface area contributed by atoms with E-state index in [0.29, 0.717) is 6.04 Å². The second-order valence-electron chi connectivity index (χ2n) is 5.23. The molecule has 19 heavy (non-hydrogen) atoms. The first-order valence-corrected chi connectivity index (χ1v) is 7.32. The van der Waals surface area contributed by atoms with E-state index in [4.69, 9.17) is 0 Å². The summed E-state index contributed by atoms with van der Waals surface area (Å²) >= 11 is 0. The normalized spacial score (nSPS) is 13.1. The van der Waals surface area contributed by atoms with Crippen LogP contribution in [0.25, 0.3) is 10.9 Å². The summed E-state index contributed by atoms with van der Waals surface area (Å²) in [6, 6.07) is 11.0. The van der Waals surface area contributed by atoms with E-state index < -0.39 is 0 Å². The zero-order chi connectivity index (χ0) is 13.7. The second-order valence-corrected chi connectivity index (χ2v) is 5.23. The molecule has 102 valence electrons. The Morgan fingerprint density at radius 2 is 1.84 bits per heavy atom. The van der Waals surface area contributed by atoms with Crippen LogP contribution >= 0.6 is 0 Å². The number of para-hydroxylation sites is 1. The number of aromatic nitrogens is 1. The van der Waals surface area contributed by atoms with Gasteiger partial charge in [0.2, 0.25) is 0 Å². The summed E-state index contributed by atoms with van der Waals surface area (Å²) in [5.41, 5.74) is 2.42. The van der Waals surface area contributed by atoms with Crippen LogP contribution in [0.1, 0.15) is 39.2 Å². The molecule has 0 bridgehead atoms. The molecule has 0 amide bonds. The molecule has 0 aliphatic heterocycles. The fourth-order valence-corrected chi connectivity index (χ4v) is 2.74. The molecule has 0 aliphatic carbocycles. The smallest absolute Gasteiger partial charge is 0.0705 e. The SMILES string of the molecule is CCC(CC)C(C)NCc1ccnc2ccccc12. The molecule has 1 heterocycles. The Morgan fingerprint density at radius 3 is 2.58 bits per heavy atom. The molecule has 0 fully saturated rings. The lowest BCUT2D eigenvalue weighted by molar-refractivity contribution is 0.353. The number of pyridine rings is 1. The zero-order valence-electron chi connectivity index (χ0n) is 12.2. The highest BCUT2D eigenvalue weighted by molar-refractivity contribution is 5.81. The van der Waals surface area contributed by atoms with Gasteiger partial charge in [-0.15, -0.1) is 0 Å². The van der Waals surface area contributed by atoms with Crippen LogP contribution in [0, 0.1) is 5.92 Å². The molecular weight excluding hydrogens is 232 g/mol. The van der Waals surface area contributed by atoms with Crippen molar-refractivity contribution in [1.82, 2.24) is 10.3 Å². The topological polar surface area (TPSA) is 24.9 Å². The molecule has 0 saturated heterocycles. The standard InChI is InChI=1S/C17H24N2/c1-4-14(5-2)13(3)19-12-15-10-11-18-17-9-7-6-8-16(15)17/h6-11,13-14,19H,4-5,12H2,1-3H3. The highest BCUT2D eigenvalue weighted by Gasteiger charge is 2.13. The third-order valence-corrected chi connectivity index (χ3v) is 4.11. The second kappa shape index (κ2) is 6.67. The molecule has 1 aromatic heterocycles. The molecule has 0 saturated carbocycles. The maximum Gasteiger partial charge on any atom is 0.0705 e. The molecule has 2 aromatic rings. The van der Waals surface area contributed by atoms with Gasteiger partial charge in [-0.25, -0.2) is 0 Å². The molecule has 1 aromatic carbocycles. The van der Waals surface area contributed by atoms with Gasteiger partial charge in [0.25, 0.3) is 0 Å². The first-order valence-electron chi connectivity index (χ1n) is 7.32. The van der Waals surface area contributed by atoms with Gasteiger partial charge in [-0.05, 0) is 30.5 Å². The van der Waals surface area contributed by atoms with Crippen molar-refractivity contribution < 1.29 is 0 Å². The van der Waals surface area contributed by atoms with Gasteiger partial charge in [0.1, 0.15) is 0 Å². The third kappa shape index (κ3) is 3.32. The number of hydrogen-bond acceptors (Lipinski definition) is 2. The average molecular weight is 256 g/mol.